The molecule has 0 aromatic heterocycles. The lowest BCUT2D eigenvalue weighted by Gasteiger charge is -2.67. The molecule has 1 aromatic carbocycles. The summed E-state index contributed by atoms with van der Waals surface area (Å²) in [7, 11) is 4.47. The molecule has 474 valence electrons. The number of rotatable bonds is 17. The number of para-hydroxylation sites is 1. The van der Waals surface area contributed by atoms with Gasteiger partial charge in [0.1, 0.15) is 83.9 Å². The van der Waals surface area contributed by atoms with Crippen LogP contribution in [0.5, 0.6) is 0 Å². The molecule has 25 nitrogen and oxygen atoms in total. The van der Waals surface area contributed by atoms with Gasteiger partial charge in [0.2, 0.25) is 5.91 Å². The molecule has 0 spiro atoms. The summed E-state index contributed by atoms with van der Waals surface area (Å²) in [5, 5.41) is 94.4. The number of ether oxygens (including phenoxy) is 13. The molecule has 25 heteroatoms. The van der Waals surface area contributed by atoms with E-state index >= 15 is 0 Å². The van der Waals surface area contributed by atoms with Gasteiger partial charge in [0.15, 0.2) is 25.2 Å². The SMILES string of the molecule is CO[C@H]1[C@@H](O)[C@H](O[C@@H]2[C@@H](C)O[C@@H](O[C@H]3[C@@H](OC)C[C@H](O[C@H]4CC[C@@]5(C)C(=CC[C@]6(O)[C@@H]5C[C@@H](OC(C)=O)[C@@]5(C)[C@]6(O)CC[C@@]5(O)[C@H](C)OC(=O)c5ccccc5NC(C)=O)C4)O[C@@H]3C)C[C@H]2OC)O[C@H](C)[C@H]1O[C@@H]1O[C@H](CO)[C@@H](O)[C@H](O)[C@H]1O. The number of aliphatic hydroxyl groups is 8. The molecule has 4 aliphatic carbocycles. The summed E-state index contributed by atoms with van der Waals surface area (Å²) in [4.78, 5) is 38.7. The Bertz CT molecular complexity index is 2520. The third-order valence-electron chi connectivity index (χ3n) is 20.3. The molecule has 0 unspecified atom stereocenters. The Morgan fingerprint density at radius 2 is 1.32 bits per heavy atom. The molecule has 7 fully saturated rings. The van der Waals surface area contributed by atoms with Gasteiger partial charge in [-0.05, 0) is 90.2 Å². The quantitative estimate of drug-likeness (QED) is 0.0787. The number of nitrogens with one attached hydrogen (secondary N) is 1. The first-order valence-corrected chi connectivity index (χ1v) is 29.4. The standard InChI is InChI=1S/C59H89NO24/c1-27-48(82-43-24-38(73-10)49(28(2)76-43)83-54-47(67)51(74-11)50(29(3)77-54)84-53-46(66)45(65)44(64)39(26-61)81-53)37(72-9)23-42(75-27)80-34-17-18-55(7)33(22-34)16-19-58(70)40(55)25-41(79-32(6)63)56(8)57(69,20-21-59(56,58)71)30(4)78-52(68)35-14-12-13-15-36(35)60-31(5)62/h12-16,27-30,34,37-51,53-54,61,64-67,69-71H,17-26H2,1-11H3,(H,60,62)/t27-,28-,29-,30+,34+,37+,38-,39-,40-,41-,42+,43+,44-,45+,46-,47-,48-,49-,50-,51+,53+,54+,55+,56-,57-,58+,59-/m1/s1. The minimum absolute atomic E-state index is 0.0275. The van der Waals surface area contributed by atoms with Crippen molar-refractivity contribution in [2.24, 2.45) is 16.7 Å². The van der Waals surface area contributed by atoms with E-state index in [0.717, 1.165) is 5.57 Å². The second-order valence-electron chi connectivity index (χ2n) is 24.9. The number of carbonyl (C=O) groups excluding carboxylic acids is 3. The van der Waals surface area contributed by atoms with Crippen LogP contribution < -0.4 is 5.32 Å². The van der Waals surface area contributed by atoms with E-state index in [-0.39, 0.29) is 49.5 Å². The van der Waals surface area contributed by atoms with Crippen LogP contribution in [0.4, 0.5) is 5.69 Å². The highest BCUT2D eigenvalue weighted by atomic mass is 16.8. The molecule has 4 aliphatic heterocycles. The van der Waals surface area contributed by atoms with Gasteiger partial charge in [0, 0.05) is 53.9 Å². The van der Waals surface area contributed by atoms with Crippen LogP contribution in [0.15, 0.2) is 35.9 Å². The van der Waals surface area contributed by atoms with Crippen molar-refractivity contribution in [3.05, 3.63) is 41.5 Å². The van der Waals surface area contributed by atoms with Gasteiger partial charge in [-0.25, -0.2) is 4.79 Å². The fraction of sp³-hybridized carbons (Fsp3) is 0.814. The molecule has 1 amide bonds. The largest absolute Gasteiger partial charge is 0.462 e. The minimum atomic E-state index is -2.03. The first-order valence-electron chi connectivity index (χ1n) is 29.4. The van der Waals surface area contributed by atoms with Gasteiger partial charge in [-0.1, -0.05) is 37.6 Å². The van der Waals surface area contributed by atoms with Crippen molar-refractivity contribution in [1.29, 1.82) is 0 Å². The summed E-state index contributed by atoms with van der Waals surface area (Å²) >= 11 is 0. The molecule has 8 aliphatic rings. The summed E-state index contributed by atoms with van der Waals surface area (Å²) in [6.45, 7) is 12.4. The molecule has 4 saturated heterocycles. The third kappa shape index (κ3) is 11.4. The molecule has 27 atom stereocenters. The first kappa shape index (κ1) is 65.1. The highest BCUT2D eigenvalue weighted by molar-refractivity contribution is 6.00. The Balaban J connectivity index is 0.819. The Labute approximate surface area is 489 Å². The summed E-state index contributed by atoms with van der Waals surface area (Å²) in [6.07, 6.45) is -17.2. The van der Waals surface area contributed by atoms with Gasteiger partial charge in [0.05, 0.1) is 59.9 Å². The van der Waals surface area contributed by atoms with E-state index in [9.17, 15) is 55.2 Å². The second kappa shape index (κ2) is 25.2. The van der Waals surface area contributed by atoms with Crippen LogP contribution in [-0.4, -0.2) is 232 Å². The van der Waals surface area contributed by atoms with Gasteiger partial charge < -0.3 is 108 Å². The zero-order valence-electron chi connectivity index (χ0n) is 49.8. The Morgan fingerprint density at radius 3 is 1.94 bits per heavy atom. The predicted molar refractivity (Wildman–Crippen MR) is 290 cm³/mol. The van der Waals surface area contributed by atoms with Gasteiger partial charge >= 0.3 is 11.9 Å². The summed E-state index contributed by atoms with van der Waals surface area (Å²) in [6, 6.07) is 6.31. The molecule has 4 heterocycles. The van der Waals surface area contributed by atoms with Gasteiger partial charge in [0.25, 0.3) is 0 Å². The van der Waals surface area contributed by atoms with Crippen molar-refractivity contribution >= 4 is 23.5 Å². The van der Waals surface area contributed by atoms with Crippen molar-refractivity contribution in [3.8, 4) is 0 Å². The van der Waals surface area contributed by atoms with E-state index in [1.165, 1.54) is 41.1 Å². The zero-order valence-corrected chi connectivity index (χ0v) is 49.8. The van der Waals surface area contributed by atoms with E-state index in [0.29, 0.717) is 25.7 Å². The van der Waals surface area contributed by atoms with E-state index in [2.05, 4.69) is 12.2 Å². The third-order valence-corrected chi connectivity index (χ3v) is 20.3. The molecule has 0 radical (unpaired) electrons. The van der Waals surface area contributed by atoms with Crippen molar-refractivity contribution < 1.29 is 117 Å². The molecule has 3 saturated carbocycles. The Kier molecular flexibility index (Phi) is 19.6. The van der Waals surface area contributed by atoms with Crippen molar-refractivity contribution in [1.82, 2.24) is 0 Å². The van der Waals surface area contributed by atoms with Crippen LogP contribution in [0.1, 0.15) is 124 Å². The number of fused-ring (bicyclic) bond motifs is 5. The van der Waals surface area contributed by atoms with Crippen LogP contribution >= 0.6 is 0 Å². The molecule has 9 N–H and O–H groups in total. The molecule has 0 bridgehead atoms. The number of methoxy groups -OCH3 is 3. The fourth-order valence-electron chi connectivity index (χ4n) is 15.5. The maximum atomic E-state index is 13.8. The highest BCUT2D eigenvalue weighted by Gasteiger charge is 2.81. The maximum absolute atomic E-state index is 13.8. The number of hydrogen-bond acceptors (Lipinski definition) is 24. The Hall–Kier alpha value is -3.39. The van der Waals surface area contributed by atoms with Gasteiger partial charge in [-0.3, -0.25) is 9.59 Å². The maximum Gasteiger partial charge on any atom is 0.340 e. The molecular formula is C59H89NO24. The molecule has 1 aromatic rings. The minimum Gasteiger partial charge on any atom is -0.462 e. The monoisotopic (exact) mass is 1200 g/mol. The number of aliphatic hydroxyl groups excluding tert-OH is 5. The van der Waals surface area contributed by atoms with E-state index < -0.39 is 181 Å². The average Bonchev–Trinajstić information content (AvgIpc) is 1.36. The van der Waals surface area contributed by atoms with Gasteiger partial charge in [-0.15, -0.1) is 0 Å². The van der Waals surface area contributed by atoms with Crippen LogP contribution in [0.3, 0.4) is 0 Å². The van der Waals surface area contributed by atoms with Crippen LogP contribution in [0.2, 0.25) is 0 Å². The summed E-state index contributed by atoms with van der Waals surface area (Å²) < 4.78 is 80.0. The zero-order chi connectivity index (χ0) is 61.2. The number of anilines is 1. The van der Waals surface area contributed by atoms with Crippen LogP contribution in [0, 0.1) is 16.7 Å². The van der Waals surface area contributed by atoms with Gasteiger partial charge in [-0.2, -0.15) is 0 Å². The van der Waals surface area contributed by atoms with E-state index in [1.54, 1.807) is 46.1 Å². The predicted octanol–water partition coefficient (Wildman–Crippen LogP) is 1.42. The lowest BCUT2D eigenvalue weighted by Crippen LogP contribution is -2.78. The topological polar surface area (TPSA) is 345 Å². The van der Waals surface area contributed by atoms with Crippen molar-refractivity contribution in [3.63, 3.8) is 0 Å². The number of amides is 1. The normalized spacial score (nSPS) is 47.0. The number of benzene rings is 1. The van der Waals surface area contributed by atoms with E-state index in [4.69, 9.17) is 61.6 Å². The van der Waals surface area contributed by atoms with Crippen LogP contribution in [-0.2, 0) is 71.2 Å². The lowest BCUT2D eigenvalue weighted by atomic mass is 9.42. The molecular weight excluding hydrogens is 1110 g/mol. The smallest absolute Gasteiger partial charge is 0.340 e. The van der Waals surface area contributed by atoms with E-state index in [1.807, 2.05) is 13.0 Å². The Morgan fingerprint density at radius 1 is 0.714 bits per heavy atom. The summed E-state index contributed by atoms with van der Waals surface area (Å²) in [5.74, 6) is -2.49. The molecule has 9 rings (SSSR count). The lowest BCUT2D eigenvalue weighted by molar-refractivity contribution is -0.373. The average molecular weight is 1200 g/mol. The highest BCUT2D eigenvalue weighted by Crippen LogP contribution is 2.71. The number of carbonyl (C=O) groups is 3. The number of esters is 2. The van der Waals surface area contributed by atoms with Crippen molar-refractivity contribution in [2.45, 2.75) is 259 Å². The number of hydrogen-bond donors (Lipinski definition) is 9. The van der Waals surface area contributed by atoms with Crippen LogP contribution in [0.25, 0.3) is 0 Å². The molecule has 84 heavy (non-hydrogen) atoms. The second-order valence-corrected chi connectivity index (χ2v) is 24.9. The van der Waals surface area contributed by atoms with Crippen molar-refractivity contribution in [2.75, 3.05) is 33.3 Å². The first-order chi connectivity index (χ1) is 39.6. The fourth-order valence-corrected chi connectivity index (χ4v) is 15.5. The summed E-state index contributed by atoms with van der Waals surface area (Å²) in [5.41, 5.74) is -6.96.